The van der Waals surface area contributed by atoms with Crippen LogP contribution in [0.2, 0.25) is 0 Å². The number of hydrogen-bond acceptors (Lipinski definition) is 4. The van der Waals surface area contributed by atoms with E-state index in [0.717, 1.165) is 40.0 Å². The predicted octanol–water partition coefficient (Wildman–Crippen LogP) is 6.45. The molecule has 2 aromatic carbocycles. The van der Waals surface area contributed by atoms with Crippen LogP contribution in [-0.2, 0) is 12.2 Å². The summed E-state index contributed by atoms with van der Waals surface area (Å²) < 4.78 is 15.3. The summed E-state index contributed by atoms with van der Waals surface area (Å²) >= 11 is 3.07. The highest BCUT2D eigenvalue weighted by Gasteiger charge is 2.19. The monoisotopic (exact) mass is 438 g/mol. The molecule has 0 saturated carbocycles. The largest absolute Gasteiger partial charge is 0.268 e. The zero-order chi connectivity index (χ0) is 21.3. The Labute approximate surface area is 183 Å². The summed E-state index contributed by atoms with van der Waals surface area (Å²) in [6.45, 7) is 6.17. The van der Waals surface area contributed by atoms with Crippen LogP contribution in [0.3, 0.4) is 0 Å². The van der Waals surface area contributed by atoms with Crippen molar-refractivity contribution in [2.75, 3.05) is 0 Å². The van der Waals surface area contributed by atoms with Crippen LogP contribution in [-0.4, -0.2) is 9.55 Å². The molecule has 0 N–H and O–H groups in total. The number of rotatable bonds is 6. The van der Waals surface area contributed by atoms with Gasteiger partial charge in [-0.25, -0.2) is 9.37 Å². The van der Waals surface area contributed by atoms with Gasteiger partial charge in [-0.15, -0.1) is 11.3 Å². The molecule has 4 rings (SSSR count). The fourth-order valence-corrected chi connectivity index (χ4v) is 5.82. The number of thioether (sulfide) groups is 1. The molecule has 0 aliphatic heterocycles. The zero-order valence-electron chi connectivity index (χ0n) is 17.2. The second kappa shape index (κ2) is 8.74. The molecule has 0 amide bonds. The molecule has 0 aliphatic carbocycles. The van der Waals surface area contributed by atoms with Gasteiger partial charge in [0.2, 0.25) is 0 Å². The van der Waals surface area contributed by atoms with Crippen LogP contribution >= 0.6 is 23.1 Å². The lowest BCUT2D eigenvalue weighted by Gasteiger charge is -2.13. The maximum atomic E-state index is 13.6. The molecule has 154 valence electrons. The third-order valence-corrected chi connectivity index (χ3v) is 7.28. The first-order valence-electron chi connectivity index (χ1n) is 9.97. The normalized spacial score (nSPS) is 11.3. The van der Waals surface area contributed by atoms with E-state index in [1.54, 1.807) is 22.0 Å². The minimum Gasteiger partial charge on any atom is -0.268 e. The number of benzene rings is 2. The number of fused-ring (bicyclic) bond motifs is 1. The van der Waals surface area contributed by atoms with Crippen LogP contribution < -0.4 is 5.56 Å². The molecule has 0 bridgehead atoms. The lowest BCUT2D eigenvalue weighted by Crippen LogP contribution is -2.21. The molecule has 6 heteroatoms. The Morgan fingerprint density at radius 1 is 1.13 bits per heavy atom. The molecule has 0 atom stereocenters. The summed E-state index contributed by atoms with van der Waals surface area (Å²) in [6, 6.07) is 14.4. The van der Waals surface area contributed by atoms with Gasteiger partial charge >= 0.3 is 0 Å². The Morgan fingerprint density at radius 3 is 2.67 bits per heavy atom. The van der Waals surface area contributed by atoms with Gasteiger partial charge in [0.05, 0.1) is 11.1 Å². The summed E-state index contributed by atoms with van der Waals surface area (Å²) in [7, 11) is 0. The Hall–Kier alpha value is -2.44. The third-order valence-electron chi connectivity index (χ3n) is 5.03. The lowest BCUT2D eigenvalue weighted by atomic mass is 10.1. The smallest absolute Gasteiger partial charge is 0.267 e. The van der Waals surface area contributed by atoms with Gasteiger partial charge in [0.1, 0.15) is 10.6 Å². The Kier molecular flexibility index (Phi) is 6.06. The van der Waals surface area contributed by atoms with E-state index in [-0.39, 0.29) is 11.4 Å². The van der Waals surface area contributed by atoms with Crippen molar-refractivity contribution in [1.29, 1.82) is 0 Å². The third kappa shape index (κ3) is 4.07. The average Bonchev–Trinajstić information content (AvgIpc) is 3.02. The number of nitrogens with zero attached hydrogens (tertiary/aromatic N) is 2. The van der Waals surface area contributed by atoms with Gasteiger partial charge in [-0.1, -0.05) is 49.4 Å². The molecule has 2 heterocycles. The lowest BCUT2D eigenvalue weighted by molar-refractivity contribution is 0.626. The molecule has 2 aromatic heterocycles. The molecule has 4 aromatic rings. The molecular weight excluding hydrogens is 415 g/mol. The molecule has 30 heavy (non-hydrogen) atoms. The molecule has 0 spiro atoms. The quantitative estimate of drug-likeness (QED) is 0.256. The molecule has 3 nitrogen and oxygen atoms in total. The van der Waals surface area contributed by atoms with Crippen LogP contribution in [0, 0.1) is 19.7 Å². The molecule has 0 fully saturated rings. The highest BCUT2D eigenvalue weighted by atomic mass is 32.2. The van der Waals surface area contributed by atoms with Gasteiger partial charge in [0.25, 0.3) is 5.56 Å². The van der Waals surface area contributed by atoms with Crippen LogP contribution in [0.5, 0.6) is 0 Å². The van der Waals surface area contributed by atoms with Crippen molar-refractivity contribution in [2.24, 2.45) is 0 Å². The van der Waals surface area contributed by atoms with Crippen LogP contribution in [0.1, 0.15) is 34.9 Å². The van der Waals surface area contributed by atoms with Crippen molar-refractivity contribution >= 4 is 33.3 Å². The van der Waals surface area contributed by atoms with Gasteiger partial charge in [0.15, 0.2) is 5.16 Å². The molecular formula is C24H23FN2OS2. The molecule has 0 unspecified atom stereocenters. The van der Waals surface area contributed by atoms with Gasteiger partial charge in [0, 0.05) is 10.6 Å². The van der Waals surface area contributed by atoms with E-state index >= 15 is 0 Å². The first kappa shape index (κ1) is 20.8. The van der Waals surface area contributed by atoms with Gasteiger partial charge < -0.3 is 0 Å². The maximum absolute atomic E-state index is 13.6. The maximum Gasteiger partial charge on any atom is 0.267 e. The number of aromatic nitrogens is 2. The predicted molar refractivity (Wildman–Crippen MR) is 125 cm³/mol. The van der Waals surface area contributed by atoms with Crippen LogP contribution in [0.15, 0.2) is 58.5 Å². The number of thiophene rings is 1. The molecule has 0 saturated heterocycles. The number of halogens is 1. The van der Waals surface area contributed by atoms with Crippen molar-refractivity contribution in [3.05, 3.63) is 86.3 Å². The minimum absolute atomic E-state index is 0.0385. The zero-order valence-corrected chi connectivity index (χ0v) is 18.9. The van der Waals surface area contributed by atoms with E-state index in [1.165, 1.54) is 28.8 Å². The second-order valence-electron chi connectivity index (χ2n) is 7.37. The van der Waals surface area contributed by atoms with Crippen molar-refractivity contribution < 1.29 is 4.39 Å². The van der Waals surface area contributed by atoms with Crippen molar-refractivity contribution in [2.45, 2.75) is 44.5 Å². The van der Waals surface area contributed by atoms with Crippen molar-refractivity contribution in [1.82, 2.24) is 9.55 Å². The van der Waals surface area contributed by atoms with E-state index in [0.29, 0.717) is 16.3 Å². The van der Waals surface area contributed by atoms with E-state index < -0.39 is 0 Å². The average molecular weight is 439 g/mol. The summed E-state index contributed by atoms with van der Waals surface area (Å²) in [5.41, 5.74) is 3.74. The minimum atomic E-state index is -0.259. The van der Waals surface area contributed by atoms with Gasteiger partial charge in [-0.05, 0) is 61.2 Å². The fourth-order valence-electron chi connectivity index (χ4n) is 3.54. The topological polar surface area (TPSA) is 34.9 Å². The van der Waals surface area contributed by atoms with E-state index in [2.05, 4.69) is 6.92 Å². The second-order valence-corrected chi connectivity index (χ2v) is 9.40. The van der Waals surface area contributed by atoms with E-state index in [4.69, 9.17) is 4.98 Å². The SMILES string of the molecule is CCCc1sc2nc(SCc3cccc(F)c3)n(-c3cccc(C)c3)c(=O)c2c1C. The fraction of sp³-hybridized carbons (Fsp3) is 0.250. The Balaban J connectivity index is 1.88. The number of aryl methyl sites for hydroxylation is 3. The summed E-state index contributed by atoms with van der Waals surface area (Å²) in [5.74, 6) is 0.277. The van der Waals surface area contributed by atoms with E-state index in [1.807, 2.05) is 44.2 Å². The summed E-state index contributed by atoms with van der Waals surface area (Å²) in [5, 5.41) is 1.34. The first-order valence-corrected chi connectivity index (χ1v) is 11.8. The molecule has 0 radical (unpaired) electrons. The molecule has 0 aliphatic rings. The summed E-state index contributed by atoms with van der Waals surface area (Å²) in [4.78, 5) is 20.5. The van der Waals surface area contributed by atoms with Gasteiger partial charge in [-0.2, -0.15) is 0 Å². The number of hydrogen-bond donors (Lipinski definition) is 0. The van der Waals surface area contributed by atoms with Crippen LogP contribution in [0.25, 0.3) is 15.9 Å². The van der Waals surface area contributed by atoms with E-state index in [9.17, 15) is 9.18 Å². The first-order chi connectivity index (χ1) is 14.5. The van der Waals surface area contributed by atoms with Crippen molar-refractivity contribution in [3.8, 4) is 5.69 Å². The van der Waals surface area contributed by atoms with Gasteiger partial charge in [-0.3, -0.25) is 9.36 Å². The highest BCUT2D eigenvalue weighted by Crippen LogP contribution is 2.32. The Morgan fingerprint density at radius 2 is 1.93 bits per heavy atom. The highest BCUT2D eigenvalue weighted by molar-refractivity contribution is 7.98. The standard InChI is InChI=1S/C24H23FN2OS2/c1-4-7-20-16(3)21-22(30-20)26-24(29-14-17-9-6-10-18(25)13-17)27(23(21)28)19-11-5-8-15(2)12-19/h5-6,8-13H,4,7,14H2,1-3H3. The van der Waals surface area contributed by atoms with Crippen molar-refractivity contribution in [3.63, 3.8) is 0 Å². The Bertz CT molecular complexity index is 1280. The van der Waals surface area contributed by atoms with Crippen LogP contribution in [0.4, 0.5) is 4.39 Å². The summed E-state index contributed by atoms with van der Waals surface area (Å²) in [6.07, 6.45) is 1.98.